The number of hydrogen-bond donors (Lipinski definition) is 0. The van der Waals surface area contributed by atoms with Crippen LogP contribution < -0.4 is 0 Å². The average Bonchev–Trinajstić information content (AvgIpc) is 2.35. The van der Waals surface area contributed by atoms with Crippen molar-refractivity contribution in [3.05, 3.63) is 35.9 Å². The van der Waals surface area contributed by atoms with Crippen LogP contribution in [0.15, 0.2) is 30.3 Å². The van der Waals surface area contributed by atoms with Crippen molar-refractivity contribution in [2.75, 3.05) is 13.2 Å². The van der Waals surface area contributed by atoms with Crippen LogP contribution in [0.25, 0.3) is 0 Å². The van der Waals surface area contributed by atoms with E-state index >= 15 is 0 Å². The zero-order valence-corrected chi connectivity index (χ0v) is 10.3. The molecule has 0 aromatic heterocycles. The Morgan fingerprint density at radius 1 is 1.12 bits per heavy atom. The Hall–Kier alpha value is -0.860. The van der Waals surface area contributed by atoms with Crippen molar-refractivity contribution in [2.24, 2.45) is 0 Å². The van der Waals surface area contributed by atoms with Gasteiger partial charge in [0.2, 0.25) is 0 Å². The first kappa shape index (κ1) is 13.2. The fraction of sp³-hybridized carbons (Fsp3) is 0.571. The molecule has 1 rings (SSSR count). The van der Waals surface area contributed by atoms with Crippen LogP contribution in [0.2, 0.25) is 0 Å². The van der Waals surface area contributed by atoms with E-state index in [0.717, 1.165) is 19.4 Å². The standard InChI is InChI=1S/C14H22O2/c1-3-10-16-14(4-2)12-15-11-13-8-6-5-7-9-13/h5-9,14H,3-4,10-12H2,1-2H3. The number of rotatable bonds is 8. The molecule has 0 amide bonds. The lowest BCUT2D eigenvalue weighted by molar-refractivity contribution is -0.0228. The topological polar surface area (TPSA) is 18.5 Å². The maximum Gasteiger partial charge on any atom is 0.0806 e. The molecule has 0 spiro atoms. The molecule has 0 aliphatic rings. The van der Waals surface area contributed by atoms with Gasteiger partial charge in [-0.05, 0) is 18.4 Å². The summed E-state index contributed by atoms with van der Waals surface area (Å²) in [7, 11) is 0. The molecule has 16 heavy (non-hydrogen) atoms. The minimum atomic E-state index is 0.240. The van der Waals surface area contributed by atoms with Gasteiger partial charge < -0.3 is 9.47 Å². The first-order valence-corrected chi connectivity index (χ1v) is 6.10. The van der Waals surface area contributed by atoms with Gasteiger partial charge >= 0.3 is 0 Å². The van der Waals surface area contributed by atoms with Gasteiger partial charge in [0.25, 0.3) is 0 Å². The zero-order valence-electron chi connectivity index (χ0n) is 10.3. The van der Waals surface area contributed by atoms with Crippen LogP contribution in [0.3, 0.4) is 0 Å². The van der Waals surface area contributed by atoms with Crippen molar-refractivity contribution in [1.82, 2.24) is 0 Å². The Kier molecular flexibility index (Phi) is 6.86. The van der Waals surface area contributed by atoms with Crippen molar-refractivity contribution < 1.29 is 9.47 Å². The summed E-state index contributed by atoms with van der Waals surface area (Å²) in [6.07, 6.45) is 2.31. The SMILES string of the molecule is CCCOC(CC)COCc1ccccc1. The summed E-state index contributed by atoms with van der Waals surface area (Å²) < 4.78 is 11.3. The molecule has 0 aliphatic carbocycles. The highest BCUT2D eigenvalue weighted by atomic mass is 16.5. The van der Waals surface area contributed by atoms with Gasteiger partial charge in [-0.1, -0.05) is 44.2 Å². The highest BCUT2D eigenvalue weighted by Crippen LogP contribution is 2.04. The first-order valence-electron chi connectivity index (χ1n) is 6.10. The highest BCUT2D eigenvalue weighted by molar-refractivity contribution is 5.13. The molecule has 0 heterocycles. The van der Waals surface area contributed by atoms with Gasteiger partial charge in [-0.25, -0.2) is 0 Å². The maximum absolute atomic E-state index is 5.65. The molecule has 1 atom stereocenters. The monoisotopic (exact) mass is 222 g/mol. The van der Waals surface area contributed by atoms with E-state index in [0.29, 0.717) is 13.2 Å². The smallest absolute Gasteiger partial charge is 0.0806 e. The van der Waals surface area contributed by atoms with E-state index in [4.69, 9.17) is 9.47 Å². The minimum absolute atomic E-state index is 0.240. The lowest BCUT2D eigenvalue weighted by Gasteiger charge is -2.15. The summed E-state index contributed by atoms with van der Waals surface area (Å²) in [5.74, 6) is 0. The largest absolute Gasteiger partial charge is 0.376 e. The van der Waals surface area contributed by atoms with Gasteiger partial charge in [-0.15, -0.1) is 0 Å². The van der Waals surface area contributed by atoms with Crippen LogP contribution in [-0.2, 0) is 16.1 Å². The second kappa shape index (κ2) is 8.31. The van der Waals surface area contributed by atoms with Crippen molar-refractivity contribution in [2.45, 2.75) is 39.4 Å². The predicted molar refractivity (Wildman–Crippen MR) is 66.4 cm³/mol. The normalized spacial score (nSPS) is 12.6. The molecular formula is C14H22O2. The molecule has 0 fully saturated rings. The van der Waals surface area contributed by atoms with Crippen LogP contribution in [0.4, 0.5) is 0 Å². The Morgan fingerprint density at radius 3 is 2.50 bits per heavy atom. The highest BCUT2D eigenvalue weighted by Gasteiger charge is 2.05. The zero-order chi connectivity index (χ0) is 11.6. The van der Waals surface area contributed by atoms with E-state index in [2.05, 4.69) is 26.0 Å². The molecule has 0 radical (unpaired) electrons. The van der Waals surface area contributed by atoms with E-state index < -0.39 is 0 Å². The third-order valence-corrected chi connectivity index (χ3v) is 2.43. The van der Waals surface area contributed by atoms with Gasteiger partial charge in [0.05, 0.1) is 19.3 Å². The van der Waals surface area contributed by atoms with Crippen molar-refractivity contribution in [3.63, 3.8) is 0 Å². The third kappa shape index (κ3) is 5.29. The average molecular weight is 222 g/mol. The molecule has 0 N–H and O–H groups in total. The van der Waals surface area contributed by atoms with Gasteiger partial charge in [-0.2, -0.15) is 0 Å². The van der Waals surface area contributed by atoms with Crippen molar-refractivity contribution in [3.8, 4) is 0 Å². The molecule has 0 aliphatic heterocycles. The van der Waals surface area contributed by atoms with Crippen LogP contribution in [-0.4, -0.2) is 19.3 Å². The lowest BCUT2D eigenvalue weighted by atomic mass is 10.2. The van der Waals surface area contributed by atoms with E-state index in [-0.39, 0.29) is 6.10 Å². The fourth-order valence-corrected chi connectivity index (χ4v) is 1.45. The van der Waals surface area contributed by atoms with E-state index in [9.17, 15) is 0 Å². The van der Waals surface area contributed by atoms with E-state index in [1.165, 1.54) is 5.56 Å². The number of hydrogen-bond acceptors (Lipinski definition) is 2. The Morgan fingerprint density at radius 2 is 1.88 bits per heavy atom. The molecule has 1 unspecified atom stereocenters. The Labute approximate surface area is 98.6 Å². The number of ether oxygens (including phenoxy) is 2. The molecule has 1 aromatic rings. The predicted octanol–water partition coefficient (Wildman–Crippen LogP) is 3.41. The maximum atomic E-state index is 5.65. The number of benzene rings is 1. The molecule has 2 heteroatoms. The van der Waals surface area contributed by atoms with Crippen LogP contribution in [0.5, 0.6) is 0 Å². The molecule has 0 saturated heterocycles. The van der Waals surface area contributed by atoms with Gasteiger partial charge in [0, 0.05) is 6.61 Å². The van der Waals surface area contributed by atoms with Crippen LogP contribution in [0.1, 0.15) is 32.3 Å². The summed E-state index contributed by atoms with van der Waals surface area (Å²) in [5, 5.41) is 0. The van der Waals surface area contributed by atoms with E-state index in [1.807, 2.05) is 18.2 Å². The molecule has 0 bridgehead atoms. The third-order valence-electron chi connectivity index (χ3n) is 2.43. The molecule has 0 saturated carbocycles. The Balaban J connectivity index is 2.18. The first-order chi connectivity index (χ1) is 7.86. The molecule has 90 valence electrons. The van der Waals surface area contributed by atoms with Crippen molar-refractivity contribution >= 4 is 0 Å². The van der Waals surface area contributed by atoms with Crippen LogP contribution in [0, 0.1) is 0 Å². The van der Waals surface area contributed by atoms with Crippen molar-refractivity contribution in [1.29, 1.82) is 0 Å². The fourth-order valence-electron chi connectivity index (χ4n) is 1.45. The Bertz CT molecular complexity index is 259. The van der Waals surface area contributed by atoms with Crippen LogP contribution >= 0.6 is 0 Å². The lowest BCUT2D eigenvalue weighted by Crippen LogP contribution is -2.19. The summed E-state index contributed by atoms with van der Waals surface area (Å²) in [6.45, 7) is 6.44. The summed E-state index contributed by atoms with van der Waals surface area (Å²) in [6, 6.07) is 10.2. The summed E-state index contributed by atoms with van der Waals surface area (Å²) in [5.41, 5.74) is 1.22. The van der Waals surface area contributed by atoms with Gasteiger partial charge in [-0.3, -0.25) is 0 Å². The molecule has 2 nitrogen and oxygen atoms in total. The second-order valence-electron chi connectivity index (χ2n) is 3.90. The summed E-state index contributed by atoms with van der Waals surface area (Å²) in [4.78, 5) is 0. The molecule has 1 aromatic carbocycles. The van der Waals surface area contributed by atoms with E-state index in [1.54, 1.807) is 0 Å². The molecular weight excluding hydrogens is 200 g/mol. The second-order valence-corrected chi connectivity index (χ2v) is 3.90. The minimum Gasteiger partial charge on any atom is -0.376 e. The van der Waals surface area contributed by atoms with Gasteiger partial charge in [0.15, 0.2) is 0 Å². The summed E-state index contributed by atoms with van der Waals surface area (Å²) >= 11 is 0. The van der Waals surface area contributed by atoms with Gasteiger partial charge in [0.1, 0.15) is 0 Å². The quantitative estimate of drug-likeness (QED) is 0.671.